The van der Waals surface area contributed by atoms with Gasteiger partial charge in [-0.1, -0.05) is 42.5 Å². The van der Waals surface area contributed by atoms with Gasteiger partial charge in [-0.05, 0) is 18.6 Å². The van der Waals surface area contributed by atoms with E-state index in [1.54, 1.807) is 13.0 Å². The number of aromatic hydroxyl groups is 1. The number of hydrogen-bond acceptors (Lipinski definition) is 3. The number of aromatic nitrogens is 1. The highest BCUT2D eigenvalue weighted by Gasteiger charge is 2.18. The summed E-state index contributed by atoms with van der Waals surface area (Å²) >= 11 is 0. The van der Waals surface area contributed by atoms with Crippen molar-refractivity contribution in [2.24, 2.45) is 0 Å². The first kappa shape index (κ1) is 13.1. The van der Waals surface area contributed by atoms with E-state index in [9.17, 15) is 15.0 Å². The maximum absolute atomic E-state index is 11.3. The summed E-state index contributed by atoms with van der Waals surface area (Å²) in [6.45, 7) is 1.56. The van der Waals surface area contributed by atoms with Gasteiger partial charge in [0.05, 0.1) is 5.52 Å². The average Bonchev–Trinajstić information content (AvgIpc) is 2.51. The monoisotopic (exact) mass is 279 g/mol. The van der Waals surface area contributed by atoms with Crippen molar-refractivity contribution in [2.75, 3.05) is 0 Å². The van der Waals surface area contributed by atoms with Crippen LogP contribution >= 0.6 is 0 Å². The molecule has 0 fully saturated rings. The predicted molar refractivity (Wildman–Crippen MR) is 80.5 cm³/mol. The molecule has 0 aliphatic rings. The number of pyridine rings is 1. The van der Waals surface area contributed by atoms with Crippen LogP contribution in [0.2, 0.25) is 0 Å². The molecule has 104 valence electrons. The topological polar surface area (TPSA) is 70.4 Å². The van der Waals surface area contributed by atoms with Crippen molar-refractivity contribution in [3.05, 3.63) is 59.8 Å². The number of carboxylic acid groups (broad SMARTS) is 1. The van der Waals surface area contributed by atoms with Crippen LogP contribution < -0.4 is 0 Å². The predicted octanol–water partition coefficient (Wildman–Crippen LogP) is 3.61. The zero-order valence-corrected chi connectivity index (χ0v) is 11.4. The molecule has 2 aromatic carbocycles. The molecule has 0 unspecified atom stereocenters. The molecule has 0 spiro atoms. The first-order valence-electron chi connectivity index (χ1n) is 6.50. The molecule has 4 nitrogen and oxygen atoms in total. The van der Waals surface area contributed by atoms with Crippen LogP contribution in [0.15, 0.2) is 48.5 Å². The van der Waals surface area contributed by atoms with Gasteiger partial charge in [0.1, 0.15) is 5.75 Å². The lowest BCUT2D eigenvalue weighted by molar-refractivity contribution is 0.0689. The minimum absolute atomic E-state index is 0.0322. The average molecular weight is 279 g/mol. The summed E-state index contributed by atoms with van der Waals surface area (Å²) in [6, 6.07) is 15.0. The van der Waals surface area contributed by atoms with Crippen LogP contribution in [0.1, 0.15) is 16.1 Å². The molecule has 0 aliphatic heterocycles. The molecular formula is C17H13NO3. The number of nitrogens with zero attached hydrogens (tertiary/aromatic N) is 1. The van der Waals surface area contributed by atoms with Gasteiger partial charge in [0, 0.05) is 16.5 Å². The van der Waals surface area contributed by atoms with Gasteiger partial charge in [0.2, 0.25) is 0 Å². The molecule has 0 amide bonds. The van der Waals surface area contributed by atoms with E-state index in [1.807, 2.05) is 42.5 Å². The standard InChI is InChI=1S/C17H13NO3/c1-10-14(17(20)21)18-15-12(11-6-3-2-4-7-11)8-5-9-13(15)16(10)19/h2-9H,1H3,(H,18,19)(H,20,21). The Bertz CT molecular complexity index is 842. The Morgan fingerprint density at radius 2 is 1.76 bits per heavy atom. The highest BCUT2D eigenvalue weighted by Crippen LogP contribution is 2.34. The molecule has 3 rings (SSSR count). The molecule has 4 heteroatoms. The van der Waals surface area contributed by atoms with Crippen LogP contribution in [-0.2, 0) is 0 Å². The molecule has 21 heavy (non-hydrogen) atoms. The quantitative estimate of drug-likeness (QED) is 0.751. The van der Waals surface area contributed by atoms with E-state index in [0.29, 0.717) is 10.9 Å². The van der Waals surface area contributed by atoms with Crippen molar-refractivity contribution in [1.82, 2.24) is 4.98 Å². The van der Waals surface area contributed by atoms with Gasteiger partial charge >= 0.3 is 5.97 Å². The second kappa shape index (κ2) is 4.90. The number of benzene rings is 2. The maximum atomic E-state index is 11.3. The summed E-state index contributed by atoms with van der Waals surface area (Å²) in [5.74, 6) is -1.18. The first-order chi connectivity index (χ1) is 10.1. The maximum Gasteiger partial charge on any atom is 0.354 e. The van der Waals surface area contributed by atoms with E-state index in [1.165, 1.54) is 0 Å². The number of carboxylic acids is 1. The fourth-order valence-corrected chi connectivity index (χ4v) is 2.42. The fourth-order valence-electron chi connectivity index (χ4n) is 2.42. The van der Waals surface area contributed by atoms with Crippen LogP contribution in [0.5, 0.6) is 5.75 Å². The number of rotatable bonds is 2. The zero-order valence-electron chi connectivity index (χ0n) is 11.4. The molecule has 0 saturated heterocycles. The third-order valence-corrected chi connectivity index (χ3v) is 3.51. The van der Waals surface area contributed by atoms with Crippen molar-refractivity contribution in [2.45, 2.75) is 6.92 Å². The summed E-state index contributed by atoms with van der Waals surface area (Å²) in [7, 11) is 0. The largest absolute Gasteiger partial charge is 0.507 e. The molecule has 2 N–H and O–H groups in total. The first-order valence-corrected chi connectivity index (χ1v) is 6.50. The number of carbonyl (C=O) groups is 1. The molecule has 0 atom stereocenters. The molecule has 0 aliphatic carbocycles. The van der Waals surface area contributed by atoms with Crippen LogP contribution in [0, 0.1) is 6.92 Å². The second-order valence-corrected chi connectivity index (χ2v) is 4.81. The van der Waals surface area contributed by atoms with Gasteiger partial charge in [0.25, 0.3) is 0 Å². The Morgan fingerprint density at radius 1 is 1.05 bits per heavy atom. The van der Waals surface area contributed by atoms with Gasteiger partial charge in [-0.25, -0.2) is 9.78 Å². The Kier molecular flexibility index (Phi) is 3.06. The highest BCUT2D eigenvalue weighted by molar-refractivity contribution is 6.01. The summed E-state index contributed by atoms with van der Waals surface area (Å²) in [4.78, 5) is 15.5. The van der Waals surface area contributed by atoms with Crippen molar-refractivity contribution in [3.8, 4) is 16.9 Å². The SMILES string of the molecule is Cc1c(C(=O)O)nc2c(-c3ccccc3)cccc2c1O. The van der Waals surface area contributed by atoms with Crippen molar-refractivity contribution < 1.29 is 15.0 Å². The molecule has 1 heterocycles. The summed E-state index contributed by atoms with van der Waals surface area (Å²) in [5, 5.41) is 20.0. The van der Waals surface area contributed by atoms with E-state index in [2.05, 4.69) is 4.98 Å². The summed E-state index contributed by atoms with van der Waals surface area (Å²) in [5.41, 5.74) is 2.37. The lowest BCUT2D eigenvalue weighted by Crippen LogP contribution is -2.04. The smallest absolute Gasteiger partial charge is 0.354 e. The Labute approximate surface area is 121 Å². The van der Waals surface area contributed by atoms with Crippen LogP contribution in [0.25, 0.3) is 22.0 Å². The fraction of sp³-hybridized carbons (Fsp3) is 0.0588. The molecule has 3 aromatic rings. The lowest BCUT2D eigenvalue weighted by atomic mass is 10.00. The molecule has 0 bridgehead atoms. The van der Waals surface area contributed by atoms with Gasteiger partial charge in [-0.3, -0.25) is 0 Å². The Balaban J connectivity index is 2.41. The van der Waals surface area contributed by atoms with E-state index >= 15 is 0 Å². The lowest BCUT2D eigenvalue weighted by Gasteiger charge is -2.11. The summed E-state index contributed by atoms with van der Waals surface area (Å²) < 4.78 is 0. The zero-order chi connectivity index (χ0) is 15.0. The Morgan fingerprint density at radius 3 is 2.43 bits per heavy atom. The molecule has 0 radical (unpaired) electrons. The van der Waals surface area contributed by atoms with Crippen molar-refractivity contribution in [3.63, 3.8) is 0 Å². The molecule has 0 saturated carbocycles. The van der Waals surface area contributed by atoms with E-state index in [0.717, 1.165) is 11.1 Å². The minimum Gasteiger partial charge on any atom is -0.507 e. The number of fused-ring (bicyclic) bond motifs is 1. The van der Waals surface area contributed by atoms with Gasteiger partial charge in [0.15, 0.2) is 5.69 Å². The van der Waals surface area contributed by atoms with Crippen LogP contribution in [0.4, 0.5) is 0 Å². The highest BCUT2D eigenvalue weighted by atomic mass is 16.4. The van der Waals surface area contributed by atoms with Gasteiger partial charge < -0.3 is 10.2 Å². The molecular weight excluding hydrogens is 266 g/mol. The third kappa shape index (κ3) is 2.10. The second-order valence-electron chi connectivity index (χ2n) is 4.81. The Hall–Kier alpha value is -2.88. The van der Waals surface area contributed by atoms with Gasteiger partial charge in [-0.15, -0.1) is 0 Å². The van der Waals surface area contributed by atoms with Crippen molar-refractivity contribution >= 4 is 16.9 Å². The van der Waals surface area contributed by atoms with E-state index in [-0.39, 0.29) is 17.0 Å². The number of aromatic carboxylic acids is 1. The third-order valence-electron chi connectivity index (χ3n) is 3.51. The number of hydrogen-bond donors (Lipinski definition) is 2. The minimum atomic E-state index is -1.15. The van der Waals surface area contributed by atoms with Crippen LogP contribution in [0.3, 0.4) is 0 Å². The molecule has 1 aromatic heterocycles. The van der Waals surface area contributed by atoms with E-state index < -0.39 is 5.97 Å². The normalized spacial score (nSPS) is 10.7. The van der Waals surface area contributed by atoms with Gasteiger partial charge in [-0.2, -0.15) is 0 Å². The number of para-hydroxylation sites is 1. The van der Waals surface area contributed by atoms with Crippen molar-refractivity contribution in [1.29, 1.82) is 0 Å². The van der Waals surface area contributed by atoms with Crippen LogP contribution in [-0.4, -0.2) is 21.2 Å². The summed E-state index contributed by atoms with van der Waals surface area (Å²) in [6.07, 6.45) is 0. The van der Waals surface area contributed by atoms with E-state index in [4.69, 9.17) is 0 Å².